The van der Waals surface area contributed by atoms with Crippen LogP contribution in [0.5, 0.6) is 5.75 Å². The lowest BCUT2D eigenvalue weighted by Crippen LogP contribution is -1.86. The summed E-state index contributed by atoms with van der Waals surface area (Å²) in [6.45, 7) is 0. The van der Waals surface area contributed by atoms with Gasteiger partial charge in [0.2, 0.25) is 5.82 Å². The van der Waals surface area contributed by atoms with E-state index in [1.165, 1.54) is 0 Å². The first-order chi connectivity index (χ1) is 12.3. The topological polar surface area (TPSA) is 73.9 Å². The third-order valence-electron chi connectivity index (χ3n) is 3.74. The Kier molecular flexibility index (Phi) is 3.92. The second kappa shape index (κ2) is 6.52. The van der Waals surface area contributed by atoms with Gasteiger partial charge in [-0.25, -0.2) is 0 Å². The largest absolute Gasteiger partial charge is 0.497 e. The van der Waals surface area contributed by atoms with Crippen LogP contribution in [0.25, 0.3) is 34.1 Å². The van der Waals surface area contributed by atoms with Crippen molar-refractivity contribution < 1.29 is 9.26 Å². The summed E-state index contributed by atoms with van der Waals surface area (Å²) >= 11 is 0. The first-order valence-electron chi connectivity index (χ1n) is 7.68. The number of aromatic nitrogens is 4. The number of methoxy groups -OCH3 is 1. The number of benzene rings is 1. The van der Waals surface area contributed by atoms with Crippen molar-refractivity contribution in [1.29, 1.82) is 0 Å². The Labute approximate surface area is 144 Å². The summed E-state index contributed by atoms with van der Waals surface area (Å²) in [5.41, 5.74) is 3.42. The summed E-state index contributed by atoms with van der Waals surface area (Å²) in [6, 6.07) is 15.1. The molecule has 6 nitrogen and oxygen atoms in total. The average Bonchev–Trinajstić information content (AvgIpc) is 3.19. The minimum absolute atomic E-state index is 0.427. The van der Waals surface area contributed by atoms with Crippen LogP contribution in [0, 0.1) is 0 Å². The van der Waals surface area contributed by atoms with Crippen molar-refractivity contribution >= 4 is 0 Å². The summed E-state index contributed by atoms with van der Waals surface area (Å²) in [6.07, 6.45) is 5.22. The maximum absolute atomic E-state index is 5.36. The van der Waals surface area contributed by atoms with Gasteiger partial charge in [0.25, 0.3) is 5.89 Å². The number of hydrogen-bond acceptors (Lipinski definition) is 6. The Morgan fingerprint density at radius 2 is 1.72 bits per heavy atom. The molecule has 0 aliphatic rings. The first kappa shape index (κ1) is 15.0. The highest BCUT2D eigenvalue weighted by Crippen LogP contribution is 2.24. The fourth-order valence-corrected chi connectivity index (χ4v) is 2.40. The monoisotopic (exact) mass is 330 g/mol. The molecule has 0 saturated heterocycles. The Balaban J connectivity index is 1.59. The van der Waals surface area contributed by atoms with E-state index in [4.69, 9.17) is 9.26 Å². The second-order valence-corrected chi connectivity index (χ2v) is 5.33. The van der Waals surface area contributed by atoms with Crippen LogP contribution in [0.4, 0.5) is 0 Å². The van der Waals surface area contributed by atoms with Gasteiger partial charge in [0.05, 0.1) is 18.4 Å². The summed E-state index contributed by atoms with van der Waals surface area (Å²) in [5, 5.41) is 4.03. The van der Waals surface area contributed by atoms with E-state index in [-0.39, 0.29) is 0 Å². The van der Waals surface area contributed by atoms with E-state index in [0.29, 0.717) is 11.7 Å². The summed E-state index contributed by atoms with van der Waals surface area (Å²) in [5.74, 6) is 1.73. The van der Waals surface area contributed by atoms with E-state index in [1.54, 1.807) is 25.7 Å². The molecule has 0 spiro atoms. The van der Waals surface area contributed by atoms with E-state index in [9.17, 15) is 0 Å². The summed E-state index contributed by atoms with van der Waals surface area (Å²) < 4.78 is 10.5. The van der Waals surface area contributed by atoms with Crippen LogP contribution in [0.3, 0.4) is 0 Å². The van der Waals surface area contributed by atoms with Crippen molar-refractivity contribution in [3.8, 4) is 39.8 Å². The number of nitrogens with zero attached hydrogens (tertiary/aromatic N) is 4. The highest BCUT2D eigenvalue weighted by Gasteiger charge is 2.11. The van der Waals surface area contributed by atoms with Crippen molar-refractivity contribution in [2.75, 3.05) is 7.11 Å². The van der Waals surface area contributed by atoms with Gasteiger partial charge in [-0.2, -0.15) is 4.98 Å². The van der Waals surface area contributed by atoms with Crippen molar-refractivity contribution in [3.05, 3.63) is 67.1 Å². The Morgan fingerprint density at radius 1 is 0.880 bits per heavy atom. The molecule has 0 fully saturated rings. The van der Waals surface area contributed by atoms with Gasteiger partial charge in [0, 0.05) is 29.7 Å². The highest BCUT2D eigenvalue weighted by molar-refractivity contribution is 5.63. The molecular weight excluding hydrogens is 316 g/mol. The Hall–Kier alpha value is -3.54. The minimum Gasteiger partial charge on any atom is -0.497 e. The van der Waals surface area contributed by atoms with Gasteiger partial charge in [-0.15, -0.1) is 0 Å². The van der Waals surface area contributed by atoms with Gasteiger partial charge in [0.1, 0.15) is 5.75 Å². The van der Waals surface area contributed by atoms with E-state index in [2.05, 4.69) is 20.1 Å². The third-order valence-corrected chi connectivity index (χ3v) is 3.74. The molecule has 0 amide bonds. The van der Waals surface area contributed by atoms with Gasteiger partial charge in [-0.1, -0.05) is 5.16 Å². The van der Waals surface area contributed by atoms with E-state index >= 15 is 0 Å². The predicted molar refractivity (Wildman–Crippen MR) is 92.7 cm³/mol. The molecule has 4 aromatic rings. The van der Waals surface area contributed by atoms with Gasteiger partial charge in [-0.05, 0) is 48.5 Å². The summed E-state index contributed by atoms with van der Waals surface area (Å²) in [4.78, 5) is 13.0. The van der Waals surface area contributed by atoms with Crippen molar-refractivity contribution in [2.45, 2.75) is 0 Å². The van der Waals surface area contributed by atoms with E-state index in [1.807, 2.05) is 48.5 Å². The molecule has 4 rings (SSSR count). The molecule has 0 bridgehead atoms. The van der Waals surface area contributed by atoms with Crippen LogP contribution in [-0.2, 0) is 0 Å². The fraction of sp³-hybridized carbons (Fsp3) is 0.0526. The standard InChI is InChI=1S/C19H14N4O2/c1-24-16-7-4-13(5-8-16)18-22-19(25-23-18)15-6-9-17(21-12-15)14-3-2-10-20-11-14/h2-12H,1H3. The van der Waals surface area contributed by atoms with Crippen molar-refractivity contribution in [1.82, 2.24) is 20.1 Å². The second-order valence-electron chi connectivity index (χ2n) is 5.33. The molecule has 122 valence electrons. The molecule has 0 aliphatic heterocycles. The molecule has 6 heteroatoms. The normalized spacial score (nSPS) is 10.6. The van der Waals surface area contributed by atoms with Crippen LogP contribution in [0.2, 0.25) is 0 Å². The zero-order chi connectivity index (χ0) is 17.1. The zero-order valence-electron chi connectivity index (χ0n) is 13.5. The predicted octanol–water partition coefficient (Wildman–Crippen LogP) is 3.87. The Morgan fingerprint density at radius 3 is 2.40 bits per heavy atom. The number of pyridine rings is 2. The Bertz CT molecular complexity index is 965. The van der Waals surface area contributed by atoms with Gasteiger partial charge in [-0.3, -0.25) is 9.97 Å². The zero-order valence-corrected chi connectivity index (χ0v) is 13.5. The van der Waals surface area contributed by atoms with Crippen LogP contribution in [-0.4, -0.2) is 27.2 Å². The van der Waals surface area contributed by atoms with Gasteiger partial charge >= 0.3 is 0 Å². The van der Waals surface area contributed by atoms with Gasteiger partial charge < -0.3 is 9.26 Å². The SMILES string of the molecule is COc1ccc(-c2noc(-c3ccc(-c4cccnc4)nc3)n2)cc1. The molecule has 25 heavy (non-hydrogen) atoms. The van der Waals surface area contributed by atoms with Crippen molar-refractivity contribution in [2.24, 2.45) is 0 Å². The van der Waals surface area contributed by atoms with E-state index in [0.717, 1.165) is 28.1 Å². The fourth-order valence-electron chi connectivity index (χ4n) is 2.40. The maximum atomic E-state index is 5.36. The lowest BCUT2D eigenvalue weighted by atomic mass is 10.1. The highest BCUT2D eigenvalue weighted by atomic mass is 16.5. The quantitative estimate of drug-likeness (QED) is 0.565. The van der Waals surface area contributed by atoms with Crippen LogP contribution < -0.4 is 4.74 Å². The van der Waals surface area contributed by atoms with Crippen molar-refractivity contribution in [3.63, 3.8) is 0 Å². The van der Waals surface area contributed by atoms with Gasteiger partial charge in [0.15, 0.2) is 0 Å². The van der Waals surface area contributed by atoms with Crippen LogP contribution in [0.15, 0.2) is 71.6 Å². The maximum Gasteiger partial charge on any atom is 0.259 e. The smallest absolute Gasteiger partial charge is 0.259 e. The molecule has 3 heterocycles. The lowest BCUT2D eigenvalue weighted by molar-refractivity contribution is 0.415. The summed E-state index contributed by atoms with van der Waals surface area (Å²) in [7, 11) is 1.63. The average molecular weight is 330 g/mol. The van der Waals surface area contributed by atoms with Crippen LogP contribution >= 0.6 is 0 Å². The van der Waals surface area contributed by atoms with E-state index < -0.39 is 0 Å². The lowest BCUT2D eigenvalue weighted by Gasteiger charge is -2.00. The first-order valence-corrected chi connectivity index (χ1v) is 7.68. The molecule has 0 aliphatic carbocycles. The minimum atomic E-state index is 0.427. The molecule has 0 atom stereocenters. The molecule has 0 unspecified atom stereocenters. The molecule has 0 radical (unpaired) electrons. The van der Waals surface area contributed by atoms with Crippen LogP contribution in [0.1, 0.15) is 0 Å². The number of ether oxygens (including phenoxy) is 1. The molecule has 3 aromatic heterocycles. The molecule has 1 aromatic carbocycles. The molecule has 0 N–H and O–H groups in total. The molecular formula is C19H14N4O2. The third kappa shape index (κ3) is 3.10. The number of rotatable bonds is 4. The number of hydrogen-bond donors (Lipinski definition) is 0. The molecule has 0 saturated carbocycles.